The number of fused-ring (bicyclic) bond motifs is 2. The fourth-order valence-electron chi connectivity index (χ4n) is 3.35. The topological polar surface area (TPSA) is 79.6 Å². The molecule has 1 aliphatic heterocycles. The zero-order valence-electron chi connectivity index (χ0n) is 13.8. The van der Waals surface area contributed by atoms with Crippen molar-refractivity contribution in [3.05, 3.63) is 29.5 Å². The molecule has 1 aromatic carbocycles. The summed E-state index contributed by atoms with van der Waals surface area (Å²) < 4.78 is 0. The van der Waals surface area contributed by atoms with E-state index in [0.29, 0.717) is 11.9 Å². The average Bonchev–Trinajstić information content (AvgIpc) is 2.56. The number of carbonyl (C=O) groups is 1. The van der Waals surface area contributed by atoms with E-state index >= 15 is 0 Å². The molecule has 1 saturated carbocycles. The van der Waals surface area contributed by atoms with Crippen molar-refractivity contribution < 1.29 is 4.79 Å². The summed E-state index contributed by atoms with van der Waals surface area (Å²) in [6, 6.07) is 6.04. The van der Waals surface area contributed by atoms with E-state index in [-0.39, 0.29) is 11.8 Å². The maximum atomic E-state index is 12.2. The van der Waals surface area contributed by atoms with Gasteiger partial charge >= 0.3 is 0 Å². The van der Waals surface area contributed by atoms with Crippen LogP contribution in [0.25, 0.3) is 10.9 Å². The second-order valence-corrected chi connectivity index (χ2v) is 6.46. The smallest absolute Gasteiger partial charge is 0.253 e. The highest BCUT2D eigenvalue weighted by atomic mass is 16.2. The molecule has 0 spiro atoms. The van der Waals surface area contributed by atoms with Crippen molar-refractivity contribution in [3.8, 4) is 0 Å². The van der Waals surface area contributed by atoms with Crippen molar-refractivity contribution >= 4 is 34.4 Å². The van der Waals surface area contributed by atoms with Crippen LogP contribution in [-0.4, -0.2) is 27.5 Å². The molecule has 1 N–H and O–H groups in total. The van der Waals surface area contributed by atoms with E-state index in [1.54, 1.807) is 0 Å². The molecule has 1 amide bonds. The Bertz CT molecular complexity index is 900. The van der Waals surface area contributed by atoms with Gasteiger partial charge in [0.15, 0.2) is 0 Å². The summed E-state index contributed by atoms with van der Waals surface area (Å²) in [6.07, 6.45) is 3.91. The third-order valence-corrected chi connectivity index (χ3v) is 4.61. The highest BCUT2D eigenvalue weighted by molar-refractivity contribution is 6.18. The minimum absolute atomic E-state index is 0.00779. The second-order valence-electron chi connectivity index (χ2n) is 6.46. The number of hydrogen-bond acceptors (Lipinski definition) is 4. The Hall–Kier alpha value is -2.63. The van der Waals surface area contributed by atoms with Crippen LogP contribution >= 0.6 is 0 Å². The second kappa shape index (κ2) is 5.78. The molecule has 1 aliphatic carbocycles. The summed E-state index contributed by atoms with van der Waals surface area (Å²) in [5.41, 5.74) is 3.82. The predicted octanol–water partition coefficient (Wildman–Crippen LogP) is 3.00. The van der Waals surface area contributed by atoms with Crippen LogP contribution in [0.15, 0.2) is 28.2 Å². The standard InChI is InChI=1S/C18H19N5O/c1-10-7-8-15-13(9-10)11(2)19-17(21-15)23-18-20-14-6-4-3-5-12(14)16(24)22-18/h7-9,12H,3-6H2,1-2H3,(H,19,21,22,23,24). The molecular weight excluding hydrogens is 302 g/mol. The van der Waals surface area contributed by atoms with E-state index in [4.69, 9.17) is 0 Å². The fourth-order valence-corrected chi connectivity index (χ4v) is 3.35. The molecule has 1 atom stereocenters. The molecule has 0 bridgehead atoms. The fraction of sp³-hybridized carbons (Fsp3) is 0.389. The zero-order valence-corrected chi connectivity index (χ0v) is 13.8. The number of amides is 1. The first-order chi connectivity index (χ1) is 11.6. The van der Waals surface area contributed by atoms with Gasteiger partial charge in [0.05, 0.1) is 17.1 Å². The number of nitrogens with one attached hydrogen (secondary N) is 1. The van der Waals surface area contributed by atoms with Crippen LogP contribution in [0.1, 0.15) is 36.9 Å². The quantitative estimate of drug-likeness (QED) is 0.877. The highest BCUT2D eigenvalue weighted by Crippen LogP contribution is 2.25. The lowest BCUT2D eigenvalue weighted by Gasteiger charge is -2.26. The van der Waals surface area contributed by atoms with Gasteiger partial charge in [-0.25, -0.2) is 15.0 Å². The predicted molar refractivity (Wildman–Crippen MR) is 93.6 cm³/mol. The van der Waals surface area contributed by atoms with E-state index in [0.717, 1.165) is 48.0 Å². The van der Waals surface area contributed by atoms with E-state index < -0.39 is 0 Å². The maximum Gasteiger partial charge on any atom is 0.253 e. The number of hydrogen-bond donors (Lipinski definition) is 1. The van der Waals surface area contributed by atoms with Crippen LogP contribution in [0.2, 0.25) is 0 Å². The summed E-state index contributed by atoms with van der Waals surface area (Å²) in [6.45, 7) is 3.98. The van der Waals surface area contributed by atoms with Crippen LogP contribution in [-0.2, 0) is 4.79 Å². The SMILES string of the molecule is Cc1ccc2nc(N=C3N=C4CCCCC4C(=O)N3)nc(C)c2c1. The van der Waals surface area contributed by atoms with Gasteiger partial charge in [-0.15, -0.1) is 0 Å². The number of aliphatic imine (C=N–C) groups is 2. The Labute approximate surface area is 140 Å². The minimum atomic E-state index is -0.0834. The molecule has 4 rings (SSSR count). The normalized spacial score (nSPS) is 22.2. The van der Waals surface area contributed by atoms with Crippen molar-refractivity contribution in [1.29, 1.82) is 0 Å². The van der Waals surface area contributed by atoms with Gasteiger partial charge in [0.1, 0.15) is 0 Å². The highest BCUT2D eigenvalue weighted by Gasteiger charge is 2.31. The van der Waals surface area contributed by atoms with E-state index in [9.17, 15) is 4.79 Å². The molecule has 2 aliphatic rings. The molecule has 6 heteroatoms. The third-order valence-electron chi connectivity index (χ3n) is 4.61. The van der Waals surface area contributed by atoms with Gasteiger partial charge in [0.25, 0.3) is 5.95 Å². The zero-order chi connectivity index (χ0) is 16.7. The first-order valence-electron chi connectivity index (χ1n) is 8.32. The Morgan fingerprint density at radius 2 is 2.08 bits per heavy atom. The van der Waals surface area contributed by atoms with Crippen molar-refractivity contribution in [3.63, 3.8) is 0 Å². The minimum Gasteiger partial charge on any atom is -0.294 e. The van der Waals surface area contributed by atoms with E-state index in [2.05, 4.69) is 31.3 Å². The summed E-state index contributed by atoms with van der Waals surface area (Å²) in [7, 11) is 0. The average molecular weight is 321 g/mol. The summed E-state index contributed by atoms with van der Waals surface area (Å²) in [5, 5.41) is 3.80. The number of nitrogens with zero attached hydrogens (tertiary/aromatic N) is 4. The molecule has 2 heterocycles. The van der Waals surface area contributed by atoms with Crippen LogP contribution in [0.5, 0.6) is 0 Å². The number of guanidine groups is 1. The van der Waals surface area contributed by atoms with Gasteiger partial charge in [-0.2, -0.15) is 4.99 Å². The molecule has 0 radical (unpaired) electrons. The van der Waals surface area contributed by atoms with Crippen LogP contribution in [0.4, 0.5) is 5.95 Å². The van der Waals surface area contributed by atoms with Gasteiger partial charge in [0, 0.05) is 11.1 Å². The van der Waals surface area contributed by atoms with Crippen molar-refractivity contribution in [2.45, 2.75) is 39.5 Å². The van der Waals surface area contributed by atoms with Crippen molar-refractivity contribution in [1.82, 2.24) is 15.3 Å². The number of carbonyl (C=O) groups excluding carboxylic acids is 1. The molecular formula is C18H19N5O. The lowest BCUT2D eigenvalue weighted by atomic mass is 9.86. The molecule has 24 heavy (non-hydrogen) atoms. The van der Waals surface area contributed by atoms with Crippen LogP contribution in [0, 0.1) is 19.8 Å². The first kappa shape index (κ1) is 14.9. The van der Waals surface area contributed by atoms with Gasteiger partial charge < -0.3 is 0 Å². The molecule has 1 fully saturated rings. The maximum absolute atomic E-state index is 12.2. The third kappa shape index (κ3) is 2.68. The lowest BCUT2D eigenvalue weighted by molar-refractivity contribution is -0.122. The monoisotopic (exact) mass is 321 g/mol. The number of aromatic nitrogens is 2. The molecule has 0 saturated heterocycles. The molecule has 2 aromatic rings. The number of benzene rings is 1. The van der Waals surface area contributed by atoms with E-state index in [1.807, 2.05) is 26.0 Å². The van der Waals surface area contributed by atoms with Crippen LogP contribution in [0.3, 0.4) is 0 Å². The Morgan fingerprint density at radius 1 is 1.21 bits per heavy atom. The Morgan fingerprint density at radius 3 is 2.96 bits per heavy atom. The van der Waals surface area contributed by atoms with Gasteiger partial charge in [-0.05, 0) is 45.2 Å². The van der Waals surface area contributed by atoms with Gasteiger partial charge in [-0.1, -0.05) is 18.1 Å². The molecule has 122 valence electrons. The molecule has 1 unspecified atom stereocenters. The summed E-state index contributed by atoms with van der Waals surface area (Å²) in [5.74, 6) is 0.545. The van der Waals surface area contributed by atoms with Gasteiger partial charge in [0.2, 0.25) is 11.9 Å². The Balaban J connectivity index is 1.74. The number of rotatable bonds is 1. The lowest BCUT2D eigenvalue weighted by Crippen LogP contribution is -2.44. The van der Waals surface area contributed by atoms with Crippen molar-refractivity contribution in [2.24, 2.45) is 15.9 Å². The molecule has 1 aromatic heterocycles. The summed E-state index contributed by atoms with van der Waals surface area (Å²) in [4.78, 5) is 30.1. The van der Waals surface area contributed by atoms with Gasteiger partial charge in [-0.3, -0.25) is 10.1 Å². The molecule has 6 nitrogen and oxygen atoms in total. The van der Waals surface area contributed by atoms with Crippen LogP contribution < -0.4 is 5.32 Å². The Kier molecular flexibility index (Phi) is 3.59. The number of aryl methyl sites for hydroxylation is 2. The van der Waals surface area contributed by atoms with Crippen molar-refractivity contribution in [2.75, 3.05) is 0 Å². The summed E-state index contributed by atoms with van der Waals surface area (Å²) >= 11 is 0. The van der Waals surface area contributed by atoms with E-state index in [1.165, 1.54) is 5.56 Å². The largest absolute Gasteiger partial charge is 0.294 e. The first-order valence-corrected chi connectivity index (χ1v) is 8.32.